The first kappa shape index (κ1) is 7.28. The van der Waals surface area contributed by atoms with E-state index >= 15 is 0 Å². The quantitative estimate of drug-likeness (QED) is 0.529. The van der Waals surface area contributed by atoms with Crippen molar-refractivity contribution in [2.24, 2.45) is 7.05 Å². The summed E-state index contributed by atoms with van der Waals surface area (Å²) in [6.45, 7) is 0. The Balaban J connectivity index is 2.57. The molecule has 12 heavy (non-hydrogen) atoms. The lowest BCUT2D eigenvalue weighted by molar-refractivity contribution is -0.117. The normalized spacial score (nSPS) is 16.4. The zero-order valence-electron chi connectivity index (χ0n) is 6.83. The summed E-state index contributed by atoms with van der Waals surface area (Å²) < 4.78 is 1.78. The fourth-order valence-corrected chi connectivity index (χ4v) is 1.64. The molecule has 1 aromatic heterocycles. The zero-order valence-corrected chi connectivity index (χ0v) is 6.83. The second-order valence-electron chi connectivity index (χ2n) is 3.12. The van der Waals surface area contributed by atoms with Gasteiger partial charge in [-0.05, 0) is 11.6 Å². The monoisotopic (exact) mass is 163 g/mol. The number of aromatic nitrogens is 1. The van der Waals surface area contributed by atoms with Crippen LogP contribution in [0.4, 0.5) is 0 Å². The van der Waals surface area contributed by atoms with Gasteiger partial charge in [0.2, 0.25) is 0 Å². The molecule has 0 fully saturated rings. The Kier molecular flexibility index (Phi) is 1.40. The Bertz CT molecular complexity index is 363. The standard InChI is InChI=1S/C9H9NO2/c1-10-3-2-6-4-7(11)5-8(12)9(6)10/h2-3H,4-5H2,1H3. The van der Waals surface area contributed by atoms with E-state index in [1.165, 1.54) is 0 Å². The Morgan fingerprint density at radius 2 is 2.08 bits per heavy atom. The first-order valence-electron chi connectivity index (χ1n) is 3.87. The number of ketones is 2. The van der Waals surface area contributed by atoms with E-state index in [2.05, 4.69) is 0 Å². The third kappa shape index (κ3) is 0.897. The van der Waals surface area contributed by atoms with Crippen LogP contribution in [0.1, 0.15) is 22.5 Å². The number of hydrogen-bond acceptors (Lipinski definition) is 2. The highest BCUT2D eigenvalue weighted by Gasteiger charge is 2.24. The summed E-state index contributed by atoms with van der Waals surface area (Å²) in [7, 11) is 1.83. The van der Waals surface area contributed by atoms with Gasteiger partial charge in [0.1, 0.15) is 5.78 Å². The van der Waals surface area contributed by atoms with Crippen LogP contribution >= 0.6 is 0 Å². The summed E-state index contributed by atoms with van der Waals surface area (Å²) >= 11 is 0. The average Bonchev–Trinajstić information content (AvgIpc) is 2.31. The van der Waals surface area contributed by atoms with E-state index in [-0.39, 0.29) is 18.0 Å². The first-order valence-corrected chi connectivity index (χ1v) is 3.87. The van der Waals surface area contributed by atoms with E-state index in [1.54, 1.807) is 4.57 Å². The lowest BCUT2D eigenvalue weighted by Crippen LogP contribution is -2.20. The maximum atomic E-state index is 11.3. The van der Waals surface area contributed by atoms with Crippen molar-refractivity contribution in [3.63, 3.8) is 0 Å². The lowest BCUT2D eigenvalue weighted by atomic mass is 9.96. The Labute approximate surface area is 70.0 Å². The smallest absolute Gasteiger partial charge is 0.186 e. The maximum absolute atomic E-state index is 11.3. The van der Waals surface area contributed by atoms with E-state index in [1.807, 2.05) is 19.3 Å². The van der Waals surface area contributed by atoms with E-state index in [0.717, 1.165) is 5.56 Å². The van der Waals surface area contributed by atoms with Gasteiger partial charge in [0, 0.05) is 19.7 Å². The molecule has 0 saturated carbocycles. The minimum Gasteiger partial charge on any atom is -0.348 e. The van der Waals surface area contributed by atoms with Crippen LogP contribution in [0, 0.1) is 0 Å². The van der Waals surface area contributed by atoms with E-state index < -0.39 is 0 Å². The van der Waals surface area contributed by atoms with Gasteiger partial charge in [0.05, 0.1) is 12.1 Å². The van der Waals surface area contributed by atoms with Crippen LogP contribution in [0.3, 0.4) is 0 Å². The molecule has 2 rings (SSSR count). The van der Waals surface area contributed by atoms with Crippen molar-refractivity contribution in [2.75, 3.05) is 0 Å². The number of carbonyl (C=O) groups excluding carboxylic acids is 2. The Hall–Kier alpha value is -1.38. The largest absolute Gasteiger partial charge is 0.348 e. The highest BCUT2D eigenvalue weighted by molar-refractivity contribution is 6.11. The topological polar surface area (TPSA) is 39.1 Å². The molecule has 1 heterocycles. The second kappa shape index (κ2) is 2.30. The molecule has 0 aliphatic heterocycles. The van der Waals surface area contributed by atoms with Gasteiger partial charge in [0.15, 0.2) is 5.78 Å². The SMILES string of the molecule is Cn1ccc2c1C(=O)CC(=O)C2. The fraction of sp³-hybridized carbons (Fsp3) is 0.333. The summed E-state index contributed by atoms with van der Waals surface area (Å²) in [5, 5.41) is 0. The molecule has 1 aliphatic rings. The average molecular weight is 163 g/mol. The number of aryl methyl sites for hydroxylation is 1. The molecule has 0 amide bonds. The molecule has 0 atom stereocenters. The van der Waals surface area contributed by atoms with Gasteiger partial charge in [-0.15, -0.1) is 0 Å². The summed E-state index contributed by atoms with van der Waals surface area (Å²) in [6.07, 6.45) is 2.31. The van der Waals surface area contributed by atoms with Crippen molar-refractivity contribution in [3.8, 4) is 0 Å². The minimum absolute atomic E-state index is 0.0266. The molecular formula is C9H9NO2. The number of carbonyl (C=O) groups is 2. The second-order valence-corrected chi connectivity index (χ2v) is 3.12. The number of fused-ring (bicyclic) bond motifs is 1. The van der Waals surface area contributed by atoms with Crippen LogP contribution in [0.15, 0.2) is 12.3 Å². The molecule has 0 spiro atoms. The molecule has 1 aromatic rings. The fourth-order valence-electron chi connectivity index (χ4n) is 1.64. The molecule has 0 unspecified atom stereocenters. The van der Waals surface area contributed by atoms with Gasteiger partial charge in [-0.25, -0.2) is 0 Å². The zero-order chi connectivity index (χ0) is 8.72. The first-order chi connectivity index (χ1) is 5.68. The summed E-state index contributed by atoms with van der Waals surface area (Å²) in [4.78, 5) is 22.4. The van der Waals surface area contributed by atoms with Crippen molar-refractivity contribution in [3.05, 3.63) is 23.5 Å². The number of hydrogen-bond donors (Lipinski definition) is 0. The molecule has 0 N–H and O–H groups in total. The van der Waals surface area contributed by atoms with Gasteiger partial charge >= 0.3 is 0 Å². The highest BCUT2D eigenvalue weighted by Crippen LogP contribution is 2.19. The minimum atomic E-state index is -0.0475. The van der Waals surface area contributed by atoms with Crippen molar-refractivity contribution in [1.29, 1.82) is 0 Å². The number of Topliss-reactive ketones (excluding diaryl/α,β-unsaturated/α-hetero) is 2. The van der Waals surface area contributed by atoms with E-state index in [4.69, 9.17) is 0 Å². The summed E-state index contributed by atoms with van der Waals surface area (Å²) in [6, 6.07) is 1.84. The molecule has 0 aromatic carbocycles. The van der Waals surface area contributed by atoms with Crippen LogP contribution in [0.2, 0.25) is 0 Å². The Morgan fingerprint density at radius 3 is 2.83 bits per heavy atom. The molecule has 3 heteroatoms. The third-order valence-electron chi connectivity index (χ3n) is 2.17. The summed E-state index contributed by atoms with van der Waals surface area (Å²) in [5.74, 6) is -0.0209. The van der Waals surface area contributed by atoms with E-state index in [0.29, 0.717) is 12.1 Å². The number of nitrogens with zero attached hydrogens (tertiary/aromatic N) is 1. The van der Waals surface area contributed by atoms with E-state index in [9.17, 15) is 9.59 Å². The maximum Gasteiger partial charge on any atom is 0.186 e. The van der Waals surface area contributed by atoms with Crippen LogP contribution in [-0.2, 0) is 18.3 Å². The molecule has 62 valence electrons. The Morgan fingerprint density at radius 1 is 1.33 bits per heavy atom. The number of rotatable bonds is 0. The van der Waals surface area contributed by atoms with Crippen LogP contribution in [0.5, 0.6) is 0 Å². The van der Waals surface area contributed by atoms with Crippen molar-refractivity contribution in [1.82, 2.24) is 4.57 Å². The van der Waals surface area contributed by atoms with Crippen molar-refractivity contribution in [2.45, 2.75) is 12.8 Å². The molecule has 3 nitrogen and oxygen atoms in total. The van der Waals surface area contributed by atoms with Gasteiger partial charge in [-0.2, -0.15) is 0 Å². The van der Waals surface area contributed by atoms with Crippen LogP contribution in [0.25, 0.3) is 0 Å². The molecule has 0 saturated heterocycles. The van der Waals surface area contributed by atoms with Crippen LogP contribution in [-0.4, -0.2) is 16.1 Å². The molecule has 1 aliphatic carbocycles. The lowest BCUT2D eigenvalue weighted by Gasteiger charge is -2.10. The summed E-state index contributed by atoms with van der Waals surface area (Å²) in [5.41, 5.74) is 1.58. The third-order valence-corrected chi connectivity index (χ3v) is 2.17. The highest BCUT2D eigenvalue weighted by atomic mass is 16.1. The van der Waals surface area contributed by atoms with Gasteiger partial charge in [-0.3, -0.25) is 9.59 Å². The predicted octanol–water partition coefficient (Wildman–Crippen LogP) is 0.723. The van der Waals surface area contributed by atoms with Crippen molar-refractivity contribution < 1.29 is 9.59 Å². The van der Waals surface area contributed by atoms with Gasteiger partial charge in [0.25, 0.3) is 0 Å². The van der Waals surface area contributed by atoms with Crippen molar-refractivity contribution >= 4 is 11.6 Å². The molecular weight excluding hydrogens is 154 g/mol. The van der Waals surface area contributed by atoms with Gasteiger partial charge in [-0.1, -0.05) is 0 Å². The van der Waals surface area contributed by atoms with Crippen LogP contribution < -0.4 is 0 Å². The molecule has 0 radical (unpaired) electrons. The molecule has 0 bridgehead atoms. The predicted molar refractivity (Wildman–Crippen MR) is 43.1 cm³/mol. The van der Waals surface area contributed by atoms with Gasteiger partial charge < -0.3 is 4.57 Å².